The summed E-state index contributed by atoms with van der Waals surface area (Å²) >= 11 is 0. The van der Waals surface area contributed by atoms with Gasteiger partial charge in [0, 0.05) is 13.2 Å². The first-order valence-electron chi connectivity index (χ1n) is 8.22. The van der Waals surface area contributed by atoms with Crippen molar-refractivity contribution in [2.45, 2.75) is 25.9 Å². The highest BCUT2D eigenvalue weighted by Gasteiger charge is 2.14. The van der Waals surface area contributed by atoms with E-state index in [4.69, 9.17) is 14.2 Å². The third kappa shape index (κ3) is 6.36. The second-order valence-corrected chi connectivity index (χ2v) is 5.31. The minimum Gasteiger partial charge on any atom is -0.497 e. The van der Waals surface area contributed by atoms with Crippen molar-refractivity contribution in [1.29, 1.82) is 0 Å². The lowest BCUT2D eigenvalue weighted by molar-refractivity contribution is 0.117. The molecule has 0 bridgehead atoms. The molecule has 6 nitrogen and oxygen atoms in total. The zero-order valence-electron chi connectivity index (χ0n) is 14.0. The third-order valence-corrected chi connectivity index (χ3v) is 3.54. The van der Waals surface area contributed by atoms with Crippen molar-refractivity contribution in [1.82, 2.24) is 10.6 Å². The van der Waals surface area contributed by atoms with Gasteiger partial charge in [0.1, 0.15) is 18.1 Å². The third-order valence-electron chi connectivity index (χ3n) is 3.54. The van der Waals surface area contributed by atoms with Gasteiger partial charge in [-0.25, -0.2) is 0 Å². The van der Waals surface area contributed by atoms with Crippen molar-refractivity contribution in [2.75, 3.05) is 40.0 Å². The van der Waals surface area contributed by atoms with Crippen molar-refractivity contribution < 1.29 is 14.2 Å². The predicted octanol–water partition coefficient (Wildman–Crippen LogP) is 1.81. The normalized spacial score (nSPS) is 17.8. The highest BCUT2D eigenvalue weighted by molar-refractivity contribution is 5.79. The van der Waals surface area contributed by atoms with Crippen molar-refractivity contribution in [3.63, 3.8) is 0 Å². The van der Waals surface area contributed by atoms with Gasteiger partial charge in [0.15, 0.2) is 5.96 Å². The van der Waals surface area contributed by atoms with E-state index in [-0.39, 0.29) is 6.10 Å². The Bertz CT molecular complexity index is 470. The molecule has 6 heteroatoms. The lowest BCUT2D eigenvalue weighted by Crippen LogP contribution is -2.39. The van der Waals surface area contributed by atoms with Crippen LogP contribution >= 0.6 is 0 Å². The summed E-state index contributed by atoms with van der Waals surface area (Å²) in [6.07, 6.45) is 2.50. The van der Waals surface area contributed by atoms with Crippen LogP contribution in [0.3, 0.4) is 0 Å². The van der Waals surface area contributed by atoms with Crippen LogP contribution in [0, 0.1) is 0 Å². The van der Waals surface area contributed by atoms with E-state index in [1.165, 1.54) is 0 Å². The van der Waals surface area contributed by atoms with E-state index in [9.17, 15) is 0 Å². The van der Waals surface area contributed by atoms with Crippen molar-refractivity contribution >= 4 is 5.96 Å². The van der Waals surface area contributed by atoms with E-state index < -0.39 is 0 Å². The summed E-state index contributed by atoms with van der Waals surface area (Å²) in [5.41, 5.74) is 0. The molecule has 1 atom stereocenters. The Balaban J connectivity index is 1.69. The molecule has 0 aliphatic carbocycles. The van der Waals surface area contributed by atoms with Crippen LogP contribution in [0.2, 0.25) is 0 Å². The van der Waals surface area contributed by atoms with Gasteiger partial charge in [0.2, 0.25) is 0 Å². The maximum Gasteiger partial charge on any atom is 0.191 e. The standard InChI is InChI=1S/C17H27N3O3/c1-3-18-17(20-13-16-5-4-11-22-16)19-10-12-23-15-8-6-14(21-2)7-9-15/h6-9,16H,3-5,10-13H2,1-2H3,(H2,18,19,20). The van der Waals surface area contributed by atoms with Gasteiger partial charge in [0.25, 0.3) is 0 Å². The molecule has 0 amide bonds. The van der Waals surface area contributed by atoms with Crippen molar-refractivity contribution in [3.8, 4) is 11.5 Å². The van der Waals surface area contributed by atoms with Gasteiger partial charge in [0.05, 0.1) is 26.3 Å². The van der Waals surface area contributed by atoms with Crippen LogP contribution in [0.5, 0.6) is 11.5 Å². The SMILES string of the molecule is CCNC(=NCC1CCCO1)NCCOc1ccc(OC)cc1. The molecule has 0 aromatic heterocycles. The number of hydrogen-bond donors (Lipinski definition) is 2. The highest BCUT2D eigenvalue weighted by Crippen LogP contribution is 2.16. The van der Waals surface area contributed by atoms with Crippen LogP contribution in [0.25, 0.3) is 0 Å². The minimum absolute atomic E-state index is 0.265. The number of guanidine groups is 1. The zero-order chi connectivity index (χ0) is 16.3. The average molecular weight is 321 g/mol. The van der Waals surface area contributed by atoms with Gasteiger partial charge in [-0.2, -0.15) is 0 Å². The van der Waals surface area contributed by atoms with Crippen LogP contribution < -0.4 is 20.1 Å². The summed E-state index contributed by atoms with van der Waals surface area (Å²) in [4.78, 5) is 4.56. The van der Waals surface area contributed by atoms with Crippen LogP contribution in [-0.2, 0) is 4.74 Å². The Labute approximate surface area is 138 Å². The summed E-state index contributed by atoms with van der Waals surface area (Å²) < 4.78 is 16.4. The molecule has 2 rings (SSSR count). The Morgan fingerprint density at radius 3 is 2.70 bits per heavy atom. The summed E-state index contributed by atoms with van der Waals surface area (Å²) in [7, 11) is 1.65. The number of ether oxygens (including phenoxy) is 3. The number of methoxy groups -OCH3 is 1. The Morgan fingerprint density at radius 1 is 1.26 bits per heavy atom. The topological polar surface area (TPSA) is 64.1 Å². The molecular formula is C17H27N3O3. The van der Waals surface area contributed by atoms with Crippen LogP contribution in [0.1, 0.15) is 19.8 Å². The number of nitrogens with one attached hydrogen (secondary N) is 2. The molecule has 1 heterocycles. The quantitative estimate of drug-likeness (QED) is 0.434. The summed E-state index contributed by atoms with van der Waals surface area (Å²) in [6.45, 7) is 5.70. The molecule has 23 heavy (non-hydrogen) atoms. The van der Waals surface area contributed by atoms with E-state index in [1.807, 2.05) is 24.3 Å². The molecule has 1 unspecified atom stereocenters. The van der Waals surface area contributed by atoms with E-state index in [2.05, 4.69) is 22.5 Å². The number of hydrogen-bond acceptors (Lipinski definition) is 4. The van der Waals surface area contributed by atoms with Crippen molar-refractivity contribution in [2.24, 2.45) is 4.99 Å². The van der Waals surface area contributed by atoms with Gasteiger partial charge in [-0.1, -0.05) is 0 Å². The molecule has 1 aromatic carbocycles. The van der Waals surface area contributed by atoms with Crippen LogP contribution in [0.15, 0.2) is 29.3 Å². The summed E-state index contributed by atoms with van der Waals surface area (Å²) in [6, 6.07) is 7.57. The van der Waals surface area contributed by atoms with Gasteiger partial charge >= 0.3 is 0 Å². The predicted molar refractivity (Wildman–Crippen MR) is 91.4 cm³/mol. The molecule has 128 valence electrons. The average Bonchev–Trinajstić information content (AvgIpc) is 3.10. The first kappa shape index (κ1) is 17.4. The first-order chi connectivity index (χ1) is 11.3. The monoisotopic (exact) mass is 321 g/mol. The Kier molecular flexibility index (Phi) is 7.52. The van der Waals surface area contributed by atoms with E-state index in [0.717, 1.165) is 43.5 Å². The molecule has 0 saturated carbocycles. The number of aliphatic imine (C=N–C) groups is 1. The Hall–Kier alpha value is -1.95. The summed E-state index contributed by atoms with van der Waals surface area (Å²) in [5.74, 6) is 2.46. The Morgan fingerprint density at radius 2 is 2.04 bits per heavy atom. The van der Waals surface area contributed by atoms with Crippen LogP contribution in [-0.4, -0.2) is 52.0 Å². The molecule has 1 aliphatic rings. The lowest BCUT2D eigenvalue weighted by Gasteiger charge is -2.13. The fourth-order valence-corrected chi connectivity index (χ4v) is 2.33. The summed E-state index contributed by atoms with van der Waals surface area (Å²) in [5, 5.41) is 6.50. The maximum atomic E-state index is 5.69. The zero-order valence-corrected chi connectivity index (χ0v) is 14.0. The lowest BCUT2D eigenvalue weighted by atomic mass is 10.2. The first-order valence-corrected chi connectivity index (χ1v) is 8.22. The molecule has 2 N–H and O–H groups in total. The van der Waals surface area contributed by atoms with E-state index in [1.54, 1.807) is 7.11 Å². The van der Waals surface area contributed by atoms with Crippen molar-refractivity contribution in [3.05, 3.63) is 24.3 Å². The number of benzene rings is 1. The smallest absolute Gasteiger partial charge is 0.191 e. The second-order valence-electron chi connectivity index (χ2n) is 5.31. The molecule has 0 radical (unpaired) electrons. The molecule has 1 saturated heterocycles. The number of rotatable bonds is 8. The minimum atomic E-state index is 0.265. The van der Waals surface area contributed by atoms with Gasteiger partial charge in [-0.15, -0.1) is 0 Å². The molecule has 1 fully saturated rings. The number of nitrogens with zero attached hydrogens (tertiary/aromatic N) is 1. The largest absolute Gasteiger partial charge is 0.497 e. The fraction of sp³-hybridized carbons (Fsp3) is 0.588. The molecular weight excluding hydrogens is 294 g/mol. The molecule has 0 spiro atoms. The van der Waals surface area contributed by atoms with Crippen LogP contribution in [0.4, 0.5) is 0 Å². The van der Waals surface area contributed by atoms with Gasteiger partial charge < -0.3 is 24.8 Å². The molecule has 1 aliphatic heterocycles. The second kappa shape index (κ2) is 9.94. The van der Waals surface area contributed by atoms with E-state index >= 15 is 0 Å². The maximum absolute atomic E-state index is 5.69. The van der Waals surface area contributed by atoms with Gasteiger partial charge in [-0.05, 0) is 44.0 Å². The van der Waals surface area contributed by atoms with Gasteiger partial charge in [-0.3, -0.25) is 4.99 Å². The molecule has 1 aromatic rings. The van der Waals surface area contributed by atoms with E-state index in [0.29, 0.717) is 19.7 Å². The fourth-order valence-electron chi connectivity index (χ4n) is 2.33. The highest BCUT2D eigenvalue weighted by atomic mass is 16.5.